The molecule has 5 aromatic rings. The van der Waals surface area contributed by atoms with Crippen molar-refractivity contribution in [2.24, 2.45) is 28.7 Å². The molecule has 11 atom stereocenters. The van der Waals surface area contributed by atoms with E-state index in [0.29, 0.717) is 146 Å². The number of halogens is 4. The third-order valence-electron chi connectivity index (χ3n) is 23.3. The number of nitrogens with one attached hydrogen (secondary N) is 5. The zero-order chi connectivity index (χ0) is 87.6. The third-order valence-corrected chi connectivity index (χ3v) is 23.3. The molecule has 37 nitrogen and oxygen atoms in total. The number of ketones is 2. The molecule has 0 unspecified atom stereocenters. The van der Waals surface area contributed by atoms with E-state index in [1.165, 1.54) is 66.4 Å². The number of nitrogens with two attached hydrogens (primary N) is 5. The Morgan fingerprint density at radius 1 is 0.393 bits per heavy atom. The number of Topliss-reactive ketones (excluding diaryl/α,β-unsaturated/α-hetero) is 2. The van der Waals surface area contributed by atoms with Crippen molar-refractivity contribution in [1.29, 1.82) is 0 Å². The Labute approximate surface area is 696 Å². The maximum Gasteiger partial charge on any atom is 0.415 e. The van der Waals surface area contributed by atoms with Crippen LogP contribution in [0.2, 0.25) is 0 Å². The normalized spacial score (nSPS) is 23.4. The van der Waals surface area contributed by atoms with Crippen LogP contribution in [0.15, 0.2) is 66.7 Å². The number of cyclic esters (lactones) is 5. The van der Waals surface area contributed by atoms with E-state index in [1.807, 2.05) is 9.80 Å². The van der Waals surface area contributed by atoms with Gasteiger partial charge in [-0.25, -0.2) is 41.5 Å². The van der Waals surface area contributed by atoms with Crippen LogP contribution in [0.1, 0.15) is 88.7 Å². The van der Waals surface area contributed by atoms with Gasteiger partial charge in [-0.1, -0.05) is 6.07 Å². The van der Waals surface area contributed by atoms with E-state index in [2.05, 4.69) is 26.6 Å². The highest BCUT2D eigenvalue weighted by molar-refractivity contribution is 6.02. The van der Waals surface area contributed by atoms with Crippen LogP contribution in [0.4, 0.5) is 81.3 Å². The monoisotopic (exact) mass is 1700 g/mol. The van der Waals surface area contributed by atoms with Crippen LogP contribution >= 0.6 is 0 Å². The average Bonchev–Trinajstić information content (AvgIpc) is 1.60. The number of fused-ring (bicyclic) bond motifs is 15. The maximum atomic E-state index is 15.4. The minimum atomic E-state index is -0.640. The molecule has 0 aliphatic carbocycles. The number of piperazine rings is 1. The second-order valence-corrected chi connectivity index (χ2v) is 30.8. The van der Waals surface area contributed by atoms with E-state index in [0.717, 1.165) is 11.3 Å². The summed E-state index contributed by atoms with van der Waals surface area (Å²) in [6.45, 7) is 11.8. The molecule has 15 N–H and O–H groups in total. The van der Waals surface area contributed by atoms with Gasteiger partial charge in [-0.3, -0.25) is 62.9 Å². The molecule has 7 fully saturated rings. The highest BCUT2D eigenvalue weighted by atomic mass is 19.1. The fourth-order valence-electron chi connectivity index (χ4n) is 17.3. The number of benzene rings is 5. The summed E-state index contributed by atoms with van der Waals surface area (Å²) in [5.74, 6) is -3.40. The van der Waals surface area contributed by atoms with Crippen molar-refractivity contribution in [3.05, 3.63) is 135 Å². The molecule has 41 heteroatoms. The standard InChI is InChI=1S/C19H24FN5O4.C18H23FN4O4.C15H16FN3O4.C15H17N3O4.C14H16FN3O3/c1-11(26)22-10-16-15-8-12-13(25(15)19(28)29-16)2-3-14(18(12)20)23-4-6-24(7-5-23)17(27)9-21;1-10(24)21-8-16-15-6-12-13(23(15)18(25)27-16)2-3-14(17(12)19)22-4-5-26-11(7-20)9-22;1-7(20)18-6-13-11-4-9-10(19(11)15(22)23-13)3-2-8(14(9)16)12(21)5-17;1-8(19)17-7-14-12-5-10-4-9(13(20)6-16)2-3-11(10)18(12)15(21)22-14;1-7(19)17-6-12-11-4-9-10(18(11)14(20)21-12)3-2-8(5-16)13(9)15/h2-3,15-16H,4-10,21H2,1H3,(H,22,26);2-3,11,15-16H,4-9,20H2,1H3,(H,21,24);2-3,11,13H,4-6,17H2,1H3,(H,18,20);2-4,12,14H,5-7,16H2,1H3,(H,17,19);2-3,11-12H,4-6,16H2,1H3,(H,17,19)/t15-,16-;11-,15+,16+;11-,13-;12-,14-;11-,12-/m01000/s1. The van der Waals surface area contributed by atoms with Gasteiger partial charge < -0.3 is 98.4 Å². The molecule has 652 valence electrons. The zero-order valence-corrected chi connectivity index (χ0v) is 67.5. The maximum absolute atomic E-state index is 15.4. The summed E-state index contributed by atoms with van der Waals surface area (Å²) < 4.78 is 91.6. The van der Waals surface area contributed by atoms with Crippen LogP contribution in [0.5, 0.6) is 0 Å². The van der Waals surface area contributed by atoms with Crippen molar-refractivity contribution >= 4 is 117 Å². The molecule has 0 aromatic heterocycles. The van der Waals surface area contributed by atoms with Crippen molar-refractivity contribution < 1.29 is 108 Å². The van der Waals surface area contributed by atoms with Crippen molar-refractivity contribution in [2.45, 2.75) is 140 Å². The molecule has 0 bridgehead atoms. The number of hydrogen-bond donors (Lipinski definition) is 10. The van der Waals surface area contributed by atoms with Crippen LogP contribution in [0.3, 0.4) is 0 Å². The minimum absolute atomic E-state index is 0.0276. The first-order chi connectivity index (χ1) is 58.4. The zero-order valence-electron chi connectivity index (χ0n) is 67.5. The molecule has 7 saturated heterocycles. The fraction of sp³-hybridized carbons (Fsp3) is 0.469. The van der Waals surface area contributed by atoms with E-state index in [-0.39, 0.29) is 160 Å². The lowest BCUT2D eigenvalue weighted by atomic mass is 10.0. The highest BCUT2D eigenvalue weighted by Gasteiger charge is 2.54. The van der Waals surface area contributed by atoms with Crippen LogP contribution in [-0.2, 0) is 95.8 Å². The highest BCUT2D eigenvalue weighted by Crippen LogP contribution is 2.47. The summed E-state index contributed by atoms with van der Waals surface area (Å²) >= 11 is 0. The second kappa shape index (κ2) is 37.0. The van der Waals surface area contributed by atoms with Gasteiger partial charge in [0, 0.05) is 146 Å². The Balaban J connectivity index is 0.000000132. The lowest BCUT2D eigenvalue weighted by molar-refractivity contribution is -0.130. The van der Waals surface area contributed by atoms with E-state index in [9.17, 15) is 71.1 Å². The number of amides is 11. The number of anilines is 7. The summed E-state index contributed by atoms with van der Waals surface area (Å²) in [6.07, 6.45) is -3.23. The summed E-state index contributed by atoms with van der Waals surface area (Å²) in [5, 5.41) is 13.2. The van der Waals surface area contributed by atoms with Gasteiger partial charge in [0.2, 0.25) is 35.4 Å². The van der Waals surface area contributed by atoms with Gasteiger partial charge in [0.25, 0.3) is 0 Å². The lowest BCUT2D eigenvalue weighted by Gasteiger charge is -2.36. The first kappa shape index (κ1) is 87.5. The van der Waals surface area contributed by atoms with Crippen molar-refractivity contribution in [3.8, 4) is 0 Å². The van der Waals surface area contributed by atoms with E-state index in [1.54, 1.807) is 64.4 Å². The van der Waals surface area contributed by atoms with E-state index in [4.69, 9.17) is 57.1 Å². The molecule has 12 aliphatic rings. The number of rotatable bonds is 19. The molecule has 122 heavy (non-hydrogen) atoms. The molecule has 12 heterocycles. The third kappa shape index (κ3) is 17.6. The number of morpholine rings is 1. The number of carbonyl (C=O) groups excluding carboxylic acids is 13. The molecule has 0 spiro atoms. The van der Waals surface area contributed by atoms with Gasteiger partial charge >= 0.3 is 30.5 Å². The van der Waals surface area contributed by atoms with Crippen LogP contribution in [0.25, 0.3) is 0 Å². The van der Waals surface area contributed by atoms with Crippen molar-refractivity contribution in [2.75, 3.05) is 139 Å². The van der Waals surface area contributed by atoms with E-state index < -0.39 is 78.6 Å². The average molecular weight is 1700 g/mol. The summed E-state index contributed by atoms with van der Waals surface area (Å²) in [7, 11) is 0. The van der Waals surface area contributed by atoms with Crippen LogP contribution < -0.4 is 89.6 Å². The Hall–Kier alpha value is -12.3. The first-order valence-corrected chi connectivity index (χ1v) is 39.9. The molecular weight excluding hydrogens is 1600 g/mol. The Kier molecular flexibility index (Phi) is 26.5. The molecule has 17 rings (SSSR count). The largest absolute Gasteiger partial charge is 0.442 e. The number of nitrogens with zero attached hydrogens (tertiary/aromatic N) is 8. The summed E-state index contributed by atoms with van der Waals surface area (Å²) in [4.78, 5) is 164. The molecule has 0 saturated carbocycles. The molecule has 11 amide bonds. The second-order valence-electron chi connectivity index (χ2n) is 30.8. The van der Waals surface area contributed by atoms with Gasteiger partial charge in [-0.15, -0.1) is 0 Å². The van der Waals surface area contributed by atoms with Crippen molar-refractivity contribution in [1.82, 2.24) is 31.5 Å². The fourth-order valence-corrected chi connectivity index (χ4v) is 17.3. The van der Waals surface area contributed by atoms with Gasteiger partial charge in [0.1, 0.15) is 42.2 Å². The van der Waals surface area contributed by atoms with Crippen molar-refractivity contribution in [3.63, 3.8) is 0 Å². The smallest absolute Gasteiger partial charge is 0.415 e. The number of ether oxygens (including phenoxy) is 6. The topological polar surface area (TPSA) is 493 Å². The van der Waals surface area contributed by atoms with Gasteiger partial charge in [-0.05, 0) is 72.6 Å². The molecule has 5 aromatic carbocycles. The van der Waals surface area contributed by atoms with Gasteiger partial charge in [-0.2, -0.15) is 0 Å². The van der Waals surface area contributed by atoms with E-state index >= 15 is 8.78 Å². The SMILES string of the molecule is CC(=O)NC[C@@H]1OC(=O)N2c3ccc(C(=O)CN)c(F)c3C[C@@H]12.CC(=O)NC[C@@H]1OC(=O)N2c3ccc(C(=O)CN)cc3C[C@@H]12.CC(=O)NC[C@@H]1OC(=O)N2c3ccc(CN)c(F)c3C[C@@H]12.CC(=O)NC[C@@H]1OC(=O)N2c3ccc(N4CCN(C(=O)CN)CC4)c(F)c3C[C@@H]12.CC(=O)NC[C@@H]1OC(=O)N2c3ccc(N4CCO[C@H](CN)C4)c(F)c3C[C@@H]12. The first-order valence-electron chi connectivity index (χ1n) is 39.9. The predicted octanol–water partition coefficient (Wildman–Crippen LogP) is 1.43. The molecular formula is C81H96F4N18O19. The predicted molar refractivity (Wildman–Crippen MR) is 430 cm³/mol. The Morgan fingerprint density at radius 3 is 1.13 bits per heavy atom. The van der Waals surface area contributed by atoms with Gasteiger partial charge in [0.05, 0.1) is 141 Å². The van der Waals surface area contributed by atoms with Crippen LogP contribution in [-0.4, -0.2) is 254 Å². The molecule has 12 aliphatic heterocycles. The summed E-state index contributed by atoms with van der Waals surface area (Å²) in [5.41, 5.74) is 34.6. The minimum Gasteiger partial charge on any atom is -0.442 e. The van der Waals surface area contributed by atoms with Gasteiger partial charge in [0.15, 0.2) is 23.2 Å². The summed E-state index contributed by atoms with van der Waals surface area (Å²) in [6, 6.07) is 16.7. The van der Waals surface area contributed by atoms with Crippen LogP contribution in [0, 0.1) is 23.3 Å². The molecule has 0 radical (unpaired) electrons. The lowest BCUT2D eigenvalue weighted by Crippen LogP contribution is -2.50. The quantitative estimate of drug-likeness (QED) is 0.0317. The Morgan fingerprint density at radius 2 is 0.746 bits per heavy atom. The Bertz CT molecular complexity index is 5020. The number of carbonyl (C=O) groups is 13. The number of hydrogen-bond acceptors (Lipinski definition) is 26.